The Bertz CT molecular complexity index is 466. The van der Waals surface area contributed by atoms with Crippen LogP contribution in [0.3, 0.4) is 0 Å². The van der Waals surface area contributed by atoms with Crippen molar-refractivity contribution in [3.05, 3.63) is 35.4 Å². The first kappa shape index (κ1) is 12.6. The van der Waals surface area contributed by atoms with E-state index in [0.29, 0.717) is 6.04 Å². The molecule has 1 amide bonds. The number of nitrogens with one attached hydrogen (secondary N) is 2. The summed E-state index contributed by atoms with van der Waals surface area (Å²) in [7, 11) is 0. The Morgan fingerprint density at radius 3 is 2.74 bits per heavy atom. The van der Waals surface area contributed by atoms with E-state index in [-0.39, 0.29) is 11.9 Å². The fraction of sp³-hybridized carbons (Fsp3) is 0.533. The first-order chi connectivity index (χ1) is 9.24. The van der Waals surface area contributed by atoms with Gasteiger partial charge in [-0.1, -0.05) is 24.3 Å². The highest BCUT2D eigenvalue weighted by molar-refractivity contribution is 5.82. The Balaban J connectivity index is 1.66. The van der Waals surface area contributed by atoms with Gasteiger partial charge in [0, 0.05) is 32.2 Å². The Labute approximate surface area is 114 Å². The van der Waals surface area contributed by atoms with Gasteiger partial charge in [0.2, 0.25) is 5.91 Å². The molecule has 1 aromatic rings. The Kier molecular flexibility index (Phi) is 3.53. The van der Waals surface area contributed by atoms with Crippen molar-refractivity contribution in [2.24, 2.45) is 0 Å². The van der Waals surface area contributed by atoms with Gasteiger partial charge in [0.1, 0.15) is 0 Å². The Hall–Kier alpha value is -1.39. The van der Waals surface area contributed by atoms with Crippen molar-refractivity contribution in [1.29, 1.82) is 0 Å². The van der Waals surface area contributed by atoms with Gasteiger partial charge in [-0.25, -0.2) is 0 Å². The van der Waals surface area contributed by atoms with E-state index in [4.69, 9.17) is 0 Å². The van der Waals surface area contributed by atoms with Crippen LogP contribution in [0, 0.1) is 0 Å². The van der Waals surface area contributed by atoms with Gasteiger partial charge in [-0.15, -0.1) is 0 Å². The molecule has 2 aliphatic heterocycles. The second-order valence-electron chi connectivity index (χ2n) is 5.55. The standard InChI is InChI=1S/C15H21N3O/c1-11-8-17-14(9-16-11)15(19)18-7-6-12-4-2-3-5-13(12)10-18/h2-5,11,14,16-17H,6-10H2,1H3. The molecular formula is C15H21N3O. The van der Waals surface area contributed by atoms with E-state index in [1.54, 1.807) is 0 Å². The summed E-state index contributed by atoms with van der Waals surface area (Å²) in [6, 6.07) is 8.80. The van der Waals surface area contributed by atoms with E-state index in [1.165, 1.54) is 11.1 Å². The number of hydrogen-bond acceptors (Lipinski definition) is 3. The van der Waals surface area contributed by atoms with Gasteiger partial charge in [-0.3, -0.25) is 4.79 Å². The molecule has 2 N–H and O–H groups in total. The molecule has 2 heterocycles. The van der Waals surface area contributed by atoms with E-state index in [9.17, 15) is 4.79 Å². The van der Waals surface area contributed by atoms with Crippen LogP contribution in [0.25, 0.3) is 0 Å². The monoisotopic (exact) mass is 259 g/mol. The summed E-state index contributed by atoms with van der Waals surface area (Å²) in [6.07, 6.45) is 0.971. The van der Waals surface area contributed by atoms with Gasteiger partial charge in [0.25, 0.3) is 0 Å². The molecule has 2 atom stereocenters. The number of carbonyl (C=O) groups is 1. The molecule has 0 radical (unpaired) electrons. The number of nitrogens with zero attached hydrogens (tertiary/aromatic N) is 1. The number of rotatable bonds is 1. The molecule has 0 aromatic heterocycles. The van der Waals surface area contributed by atoms with Gasteiger partial charge < -0.3 is 15.5 Å². The second-order valence-corrected chi connectivity index (χ2v) is 5.55. The van der Waals surface area contributed by atoms with Crippen molar-refractivity contribution in [2.45, 2.75) is 32.0 Å². The van der Waals surface area contributed by atoms with Crippen LogP contribution in [0.4, 0.5) is 0 Å². The van der Waals surface area contributed by atoms with Crippen LogP contribution in [0.15, 0.2) is 24.3 Å². The molecule has 4 heteroatoms. The largest absolute Gasteiger partial charge is 0.337 e. The lowest BCUT2D eigenvalue weighted by molar-refractivity contribution is -0.134. The SMILES string of the molecule is CC1CNC(C(=O)N2CCc3ccccc3C2)CN1. The number of amides is 1. The summed E-state index contributed by atoms with van der Waals surface area (Å²) in [4.78, 5) is 14.5. The summed E-state index contributed by atoms with van der Waals surface area (Å²) in [6.45, 7) is 5.32. The molecule has 19 heavy (non-hydrogen) atoms. The predicted octanol–water partition coefficient (Wildman–Crippen LogP) is 0.521. The summed E-state index contributed by atoms with van der Waals surface area (Å²) < 4.78 is 0. The van der Waals surface area contributed by atoms with Crippen LogP contribution in [-0.4, -0.2) is 42.5 Å². The summed E-state index contributed by atoms with van der Waals surface area (Å²) in [5, 5.41) is 6.70. The summed E-state index contributed by atoms with van der Waals surface area (Å²) in [5.41, 5.74) is 2.68. The second kappa shape index (κ2) is 5.31. The average Bonchev–Trinajstić information content (AvgIpc) is 2.47. The third kappa shape index (κ3) is 2.65. The molecule has 1 saturated heterocycles. The molecule has 3 rings (SSSR count). The molecular weight excluding hydrogens is 238 g/mol. The van der Waals surface area contributed by atoms with Crippen LogP contribution in [0.1, 0.15) is 18.1 Å². The zero-order chi connectivity index (χ0) is 13.2. The van der Waals surface area contributed by atoms with Crippen LogP contribution in [0.2, 0.25) is 0 Å². The third-order valence-electron chi connectivity index (χ3n) is 4.08. The van der Waals surface area contributed by atoms with Gasteiger partial charge in [-0.05, 0) is 24.5 Å². The minimum Gasteiger partial charge on any atom is -0.337 e. The molecule has 102 valence electrons. The van der Waals surface area contributed by atoms with Crippen molar-refractivity contribution in [3.8, 4) is 0 Å². The number of hydrogen-bond donors (Lipinski definition) is 2. The predicted molar refractivity (Wildman–Crippen MR) is 74.8 cm³/mol. The summed E-state index contributed by atoms with van der Waals surface area (Å²) in [5.74, 6) is 0.230. The number of benzene rings is 1. The summed E-state index contributed by atoms with van der Waals surface area (Å²) >= 11 is 0. The lowest BCUT2D eigenvalue weighted by Crippen LogP contribution is -2.59. The highest BCUT2D eigenvalue weighted by Gasteiger charge is 2.29. The normalized spacial score (nSPS) is 26.9. The molecule has 1 aromatic carbocycles. The fourth-order valence-corrected chi connectivity index (χ4v) is 2.86. The molecule has 4 nitrogen and oxygen atoms in total. The minimum atomic E-state index is -0.0681. The van der Waals surface area contributed by atoms with E-state index in [0.717, 1.165) is 32.6 Å². The van der Waals surface area contributed by atoms with E-state index < -0.39 is 0 Å². The van der Waals surface area contributed by atoms with Crippen molar-refractivity contribution in [3.63, 3.8) is 0 Å². The zero-order valence-electron chi connectivity index (χ0n) is 11.4. The first-order valence-corrected chi connectivity index (χ1v) is 7.06. The molecule has 0 aliphatic carbocycles. The smallest absolute Gasteiger partial charge is 0.241 e. The number of piperazine rings is 1. The topological polar surface area (TPSA) is 44.4 Å². The van der Waals surface area contributed by atoms with Crippen molar-refractivity contribution >= 4 is 5.91 Å². The van der Waals surface area contributed by atoms with Gasteiger partial charge in [0.15, 0.2) is 0 Å². The zero-order valence-corrected chi connectivity index (χ0v) is 11.4. The Morgan fingerprint density at radius 2 is 2.00 bits per heavy atom. The fourth-order valence-electron chi connectivity index (χ4n) is 2.86. The number of carbonyl (C=O) groups excluding carboxylic acids is 1. The highest BCUT2D eigenvalue weighted by Crippen LogP contribution is 2.19. The van der Waals surface area contributed by atoms with Crippen LogP contribution >= 0.6 is 0 Å². The maximum absolute atomic E-state index is 12.5. The van der Waals surface area contributed by atoms with E-state index in [2.05, 4.69) is 41.8 Å². The quantitative estimate of drug-likeness (QED) is 0.773. The maximum atomic E-state index is 12.5. The van der Waals surface area contributed by atoms with Crippen molar-refractivity contribution < 1.29 is 4.79 Å². The van der Waals surface area contributed by atoms with Gasteiger partial charge >= 0.3 is 0 Å². The highest BCUT2D eigenvalue weighted by atomic mass is 16.2. The third-order valence-corrected chi connectivity index (χ3v) is 4.08. The number of fused-ring (bicyclic) bond motifs is 1. The maximum Gasteiger partial charge on any atom is 0.241 e. The van der Waals surface area contributed by atoms with Gasteiger partial charge in [-0.2, -0.15) is 0 Å². The average molecular weight is 259 g/mol. The van der Waals surface area contributed by atoms with Crippen molar-refractivity contribution in [1.82, 2.24) is 15.5 Å². The molecule has 2 aliphatic rings. The van der Waals surface area contributed by atoms with Crippen molar-refractivity contribution in [2.75, 3.05) is 19.6 Å². The van der Waals surface area contributed by atoms with Crippen LogP contribution in [-0.2, 0) is 17.8 Å². The lowest BCUT2D eigenvalue weighted by Gasteiger charge is -2.35. The molecule has 0 spiro atoms. The Morgan fingerprint density at radius 1 is 1.21 bits per heavy atom. The van der Waals surface area contributed by atoms with E-state index in [1.807, 2.05) is 4.90 Å². The molecule has 1 fully saturated rings. The first-order valence-electron chi connectivity index (χ1n) is 7.06. The minimum absolute atomic E-state index is 0.0681. The lowest BCUT2D eigenvalue weighted by atomic mass is 9.99. The van der Waals surface area contributed by atoms with Gasteiger partial charge in [0.05, 0.1) is 6.04 Å². The molecule has 0 bridgehead atoms. The molecule has 0 saturated carbocycles. The van der Waals surface area contributed by atoms with E-state index >= 15 is 0 Å². The molecule has 2 unspecified atom stereocenters. The van der Waals surface area contributed by atoms with Crippen LogP contribution in [0.5, 0.6) is 0 Å². The van der Waals surface area contributed by atoms with Crippen LogP contribution < -0.4 is 10.6 Å².